The number of carbonyl (C=O) groups is 1. The first-order valence-corrected chi connectivity index (χ1v) is 5.63. The molecule has 0 radical (unpaired) electrons. The topological polar surface area (TPSA) is 71.6 Å². The largest absolute Gasteiger partial charge is 0.298 e. The molecule has 0 aliphatic heterocycles. The summed E-state index contributed by atoms with van der Waals surface area (Å²) >= 11 is 0. The number of fused-ring (bicyclic) bond motifs is 1. The number of nitriles is 1. The summed E-state index contributed by atoms with van der Waals surface area (Å²) in [5, 5.41) is 17.3. The van der Waals surface area contributed by atoms with Crippen LogP contribution in [-0.2, 0) is 0 Å². The molecule has 90 valence electrons. The first kappa shape index (κ1) is 11.1. The highest BCUT2D eigenvalue weighted by Crippen LogP contribution is 2.19. The molecule has 3 aromatic rings. The molecule has 0 bridgehead atoms. The van der Waals surface area contributed by atoms with Gasteiger partial charge in [0.1, 0.15) is 17.9 Å². The van der Waals surface area contributed by atoms with Gasteiger partial charge in [-0.1, -0.05) is 17.3 Å². The van der Waals surface area contributed by atoms with Crippen molar-refractivity contribution in [1.82, 2.24) is 15.0 Å². The molecule has 3 rings (SSSR count). The van der Waals surface area contributed by atoms with Gasteiger partial charge in [-0.3, -0.25) is 4.79 Å². The highest BCUT2D eigenvalue weighted by atomic mass is 16.1. The van der Waals surface area contributed by atoms with E-state index in [1.54, 1.807) is 22.9 Å². The van der Waals surface area contributed by atoms with Crippen LogP contribution in [0, 0.1) is 11.3 Å². The van der Waals surface area contributed by atoms with Crippen molar-refractivity contribution in [2.75, 3.05) is 0 Å². The fourth-order valence-corrected chi connectivity index (χ4v) is 1.95. The van der Waals surface area contributed by atoms with Gasteiger partial charge in [-0.05, 0) is 30.3 Å². The summed E-state index contributed by atoms with van der Waals surface area (Å²) < 4.78 is 1.60. The van der Waals surface area contributed by atoms with Crippen molar-refractivity contribution in [1.29, 1.82) is 5.26 Å². The Balaban J connectivity index is 2.27. The SMILES string of the molecule is N#Cc1cc(C=O)ccc1-n1nnc2ccccc21. The lowest BCUT2D eigenvalue weighted by atomic mass is 10.1. The van der Waals surface area contributed by atoms with E-state index in [1.807, 2.05) is 24.3 Å². The number of aldehydes is 1. The molecule has 0 unspecified atom stereocenters. The molecule has 0 aliphatic rings. The first-order chi connectivity index (χ1) is 9.33. The van der Waals surface area contributed by atoms with E-state index in [0.717, 1.165) is 11.0 Å². The Labute approximate surface area is 108 Å². The first-order valence-electron chi connectivity index (χ1n) is 5.63. The standard InChI is InChI=1S/C14H8N4O/c15-8-11-7-10(9-19)5-6-13(11)18-14-4-2-1-3-12(14)16-17-18/h1-7,9H. The maximum atomic E-state index is 10.7. The van der Waals surface area contributed by atoms with E-state index in [2.05, 4.69) is 16.4 Å². The second-order valence-electron chi connectivity index (χ2n) is 4.00. The molecule has 1 aromatic heterocycles. The summed E-state index contributed by atoms with van der Waals surface area (Å²) in [6.45, 7) is 0. The molecule has 0 N–H and O–H groups in total. The van der Waals surface area contributed by atoms with E-state index in [9.17, 15) is 10.1 Å². The minimum absolute atomic E-state index is 0.389. The molecule has 5 nitrogen and oxygen atoms in total. The second-order valence-corrected chi connectivity index (χ2v) is 4.00. The zero-order valence-electron chi connectivity index (χ0n) is 9.82. The molecule has 0 aliphatic carbocycles. The third kappa shape index (κ3) is 1.76. The van der Waals surface area contributed by atoms with Crippen LogP contribution in [0.2, 0.25) is 0 Å². The van der Waals surface area contributed by atoms with Crippen molar-refractivity contribution in [3.05, 3.63) is 53.6 Å². The average molecular weight is 248 g/mol. The summed E-state index contributed by atoms with van der Waals surface area (Å²) in [6, 6.07) is 14.5. The number of aromatic nitrogens is 3. The molecule has 0 fully saturated rings. The fourth-order valence-electron chi connectivity index (χ4n) is 1.95. The molecule has 2 aromatic carbocycles. The Hall–Kier alpha value is -3.00. The van der Waals surface area contributed by atoms with Crippen LogP contribution in [-0.4, -0.2) is 21.3 Å². The third-order valence-electron chi connectivity index (χ3n) is 2.86. The van der Waals surface area contributed by atoms with Gasteiger partial charge >= 0.3 is 0 Å². The number of para-hydroxylation sites is 1. The summed E-state index contributed by atoms with van der Waals surface area (Å²) in [7, 11) is 0. The van der Waals surface area contributed by atoms with Crippen LogP contribution in [0.4, 0.5) is 0 Å². The Kier molecular flexibility index (Phi) is 2.54. The molecule has 0 saturated carbocycles. The average Bonchev–Trinajstić information content (AvgIpc) is 2.90. The molecule has 0 saturated heterocycles. The van der Waals surface area contributed by atoms with Crippen LogP contribution in [0.25, 0.3) is 16.7 Å². The van der Waals surface area contributed by atoms with E-state index in [1.165, 1.54) is 0 Å². The summed E-state index contributed by atoms with van der Waals surface area (Å²) in [6.07, 6.45) is 0.712. The number of nitrogens with zero attached hydrogens (tertiary/aromatic N) is 4. The van der Waals surface area contributed by atoms with Crippen LogP contribution in [0.3, 0.4) is 0 Å². The Morgan fingerprint density at radius 3 is 2.84 bits per heavy atom. The van der Waals surface area contributed by atoms with Gasteiger partial charge in [-0.2, -0.15) is 5.26 Å². The van der Waals surface area contributed by atoms with E-state index >= 15 is 0 Å². The predicted octanol–water partition coefficient (Wildman–Crippen LogP) is 2.10. The van der Waals surface area contributed by atoms with Gasteiger partial charge in [0.05, 0.1) is 16.8 Å². The number of carbonyl (C=O) groups excluding carboxylic acids is 1. The van der Waals surface area contributed by atoms with Crippen molar-refractivity contribution < 1.29 is 4.79 Å². The Morgan fingerprint density at radius 1 is 1.21 bits per heavy atom. The molecule has 19 heavy (non-hydrogen) atoms. The summed E-state index contributed by atoms with van der Waals surface area (Å²) in [5.41, 5.74) is 3.04. The van der Waals surface area contributed by atoms with Crippen molar-refractivity contribution >= 4 is 17.3 Å². The number of hydrogen-bond donors (Lipinski definition) is 0. The maximum Gasteiger partial charge on any atom is 0.150 e. The van der Waals surface area contributed by atoms with E-state index in [0.29, 0.717) is 23.1 Å². The Morgan fingerprint density at radius 2 is 2.05 bits per heavy atom. The van der Waals surface area contributed by atoms with Gasteiger partial charge in [-0.25, -0.2) is 4.68 Å². The van der Waals surface area contributed by atoms with Crippen LogP contribution < -0.4 is 0 Å². The minimum Gasteiger partial charge on any atom is -0.298 e. The predicted molar refractivity (Wildman–Crippen MR) is 69.0 cm³/mol. The van der Waals surface area contributed by atoms with Gasteiger partial charge in [0.15, 0.2) is 0 Å². The maximum absolute atomic E-state index is 10.7. The highest BCUT2D eigenvalue weighted by molar-refractivity contribution is 5.79. The van der Waals surface area contributed by atoms with Crippen molar-refractivity contribution in [3.8, 4) is 11.8 Å². The van der Waals surface area contributed by atoms with Crippen LogP contribution >= 0.6 is 0 Å². The van der Waals surface area contributed by atoms with Gasteiger partial charge in [0.25, 0.3) is 0 Å². The van der Waals surface area contributed by atoms with Crippen LogP contribution in [0.5, 0.6) is 0 Å². The normalized spacial score (nSPS) is 10.3. The quantitative estimate of drug-likeness (QED) is 0.651. The molecule has 0 spiro atoms. The molecular weight excluding hydrogens is 240 g/mol. The van der Waals surface area contributed by atoms with E-state index in [-0.39, 0.29) is 0 Å². The van der Waals surface area contributed by atoms with Gasteiger partial charge in [0, 0.05) is 5.56 Å². The van der Waals surface area contributed by atoms with Crippen molar-refractivity contribution in [2.45, 2.75) is 0 Å². The minimum atomic E-state index is 0.389. The van der Waals surface area contributed by atoms with Gasteiger partial charge in [-0.15, -0.1) is 5.10 Å². The van der Waals surface area contributed by atoms with Crippen LogP contribution in [0.15, 0.2) is 42.5 Å². The van der Waals surface area contributed by atoms with Crippen LogP contribution in [0.1, 0.15) is 15.9 Å². The van der Waals surface area contributed by atoms with Gasteiger partial charge in [0.2, 0.25) is 0 Å². The zero-order valence-corrected chi connectivity index (χ0v) is 9.82. The number of benzene rings is 2. The lowest BCUT2D eigenvalue weighted by molar-refractivity contribution is 0.112. The number of hydrogen-bond acceptors (Lipinski definition) is 4. The number of rotatable bonds is 2. The summed E-state index contributed by atoms with van der Waals surface area (Å²) in [5.74, 6) is 0. The Bertz CT molecular complexity index is 814. The van der Waals surface area contributed by atoms with Crippen molar-refractivity contribution in [3.63, 3.8) is 0 Å². The third-order valence-corrected chi connectivity index (χ3v) is 2.86. The van der Waals surface area contributed by atoms with Crippen molar-refractivity contribution in [2.24, 2.45) is 0 Å². The summed E-state index contributed by atoms with van der Waals surface area (Å²) in [4.78, 5) is 10.7. The van der Waals surface area contributed by atoms with E-state index in [4.69, 9.17) is 0 Å². The molecule has 1 heterocycles. The molecule has 5 heteroatoms. The van der Waals surface area contributed by atoms with E-state index < -0.39 is 0 Å². The molecule has 0 atom stereocenters. The lowest BCUT2D eigenvalue weighted by Crippen LogP contribution is -2.00. The highest BCUT2D eigenvalue weighted by Gasteiger charge is 2.10. The molecular formula is C14H8N4O. The fraction of sp³-hybridized carbons (Fsp3) is 0. The second kappa shape index (κ2) is 4.35. The monoisotopic (exact) mass is 248 g/mol. The lowest BCUT2D eigenvalue weighted by Gasteiger charge is -2.04. The molecule has 0 amide bonds. The zero-order chi connectivity index (χ0) is 13.2. The smallest absolute Gasteiger partial charge is 0.150 e. The van der Waals surface area contributed by atoms with Gasteiger partial charge < -0.3 is 0 Å².